The van der Waals surface area contributed by atoms with Gasteiger partial charge in [0.1, 0.15) is 0 Å². The van der Waals surface area contributed by atoms with Gasteiger partial charge in [-0.3, -0.25) is 4.99 Å². The van der Waals surface area contributed by atoms with E-state index in [1.807, 2.05) is 7.05 Å². The predicted molar refractivity (Wildman–Crippen MR) is 97.1 cm³/mol. The highest BCUT2D eigenvalue weighted by molar-refractivity contribution is 5.80. The smallest absolute Gasteiger partial charge is 0.193 e. The number of hydrogen-bond acceptors (Lipinski definition) is 3. The second-order valence-corrected chi connectivity index (χ2v) is 7.52. The summed E-state index contributed by atoms with van der Waals surface area (Å²) in [5.74, 6) is 1.08. The highest BCUT2D eigenvalue weighted by Crippen LogP contribution is 2.38. The first kappa shape index (κ1) is 18.5. The van der Waals surface area contributed by atoms with Crippen LogP contribution in [0.2, 0.25) is 0 Å². The normalized spacial score (nSPS) is 25.0. The summed E-state index contributed by atoms with van der Waals surface area (Å²) in [5, 5.41) is 3.55. The van der Waals surface area contributed by atoms with Crippen molar-refractivity contribution in [3.05, 3.63) is 0 Å². The molecule has 1 atom stereocenters. The van der Waals surface area contributed by atoms with Crippen molar-refractivity contribution in [2.24, 2.45) is 10.4 Å². The Labute approximate surface area is 142 Å². The van der Waals surface area contributed by atoms with E-state index in [0.717, 1.165) is 38.8 Å². The molecule has 5 nitrogen and oxygen atoms in total. The van der Waals surface area contributed by atoms with Crippen molar-refractivity contribution < 1.29 is 4.74 Å². The minimum atomic E-state index is 0.407. The molecule has 2 aliphatic heterocycles. The minimum absolute atomic E-state index is 0.407. The molecule has 134 valence electrons. The maximum atomic E-state index is 5.61. The van der Waals surface area contributed by atoms with Crippen LogP contribution >= 0.6 is 0 Å². The maximum Gasteiger partial charge on any atom is 0.193 e. The number of likely N-dealkylation sites (tertiary alicyclic amines) is 1. The summed E-state index contributed by atoms with van der Waals surface area (Å²) in [6, 6.07) is 0. The Morgan fingerprint density at radius 3 is 2.65 bits per heavy atom. The van der Waals surface area contributed by atoms with Crippen LogP contribution in [0.5, 0.6) is 0 Å². The summed E-state index contributed by atoms with van der Waals surface area (Å²) in [5.41, 5.74) is 0.407. The molecule has 5 heteroatoms. The average Bonchev–Trinajstić information content (AvgIpc) is 3.16. The molecule has 0 aliphatic carbocycles. The molecule has 1 N–H and O–H groups in total. The van der Waals surface area contributed by atoms with E-state index in [0.29, 0.717) is 5.41 Å². The fraction of sp³-hybridized carbons (Fsp3) is 0.944. The van der Waals surface area contributed by atoms with Crippen LogP contribution in [-0.4, -0.2) is 76.3 Å². The van der Waals surface area contributed by atoms with E-state index in [4.69, 9.17) is 4.74 Å². The maximum absolute atomic E-state index is 5.61. The van der Waals surface area contributed by atoms with Crippen molar-refractivity contribution in [1.82, 2.24) is 15.1 Å². The first-order valence-electron chi connectivity index (χ1n) is 9.33. The lowest BCUT2D eigenvalue weighted by molar-refractivity contribution is 0.156. The van der Waals surface area contributed by atoms with Gasteiger partial charge in [-0.25, -0.2) is 0 Å². The van der Waals surface area contributed by atoms with Crippen LogP contribution < -0.4 is 5.32 Å². The number of unbranched alkanes of at least 4 members (excludes halogenated alkanes) is 4. The number of rotatable bonds is 8. The third-order valence-electron chi connectivity index (χ3n) is 5.20. The molecule has 2 fully saturated rings. The first-order chi connectivity index (χ1) is 11.2. The van der Waals surface area contributed by atoms with Crippen molar-refractivity contribution in [2.75, 3.05) is 60.5 Å². The third-order valence-corrected chi connectivity index (χ3v) is 5.20. The van der Waals surface area contributed by atoms with E-state index in [9.17, 15) is 0 Å². The molecule has 0 aromatic heterocycles. The molecule has 0 bridgehead atoms. The highest BCUT2D eigenvalue weighted by atomic mass is 16.5. The molecular weight excluding hydrogens is 288 g/mol. The molecule has 2 rings (SSSR count). The largest absolute Gasteiger partial charge is 0.381 e. The number of aliphatic imine (C=N–C) groups is 1. The van der Waals surface area contributed by atoms with E-state index in [-0.39, 0.29) is 0 Å². The number of hydrogen-bond donors (Lipinski definition) is 1. The zero-order chi connectivity index (χ0) is 16.5. The molecule has 0 radical (unpaired) electrons. The molecule has 0 saturated carbocycles. The monoisotopic (exact) mass is 324 g/mol. The summed E-state index contributed by atoms with van der Waals surface area (Å²) in [6.45, 7) is 6.36. The molecule has 2 aliphatic rings. The predicted octanol–water partition coefficient (Wildman–Crippen LogP) is 2.19. The number of guanidine groups is 1. The van der Waals surface area contributed by atoms with Crippen molar-refractivity contribution in [3.8, 4) is 0 Å². The zero-order valence-electron chi connectivity index (χ0n) is 15.4. The molecule has 2 heterocycles. The zero-order valence-corrected chi connectivity index (χ0v) is 15.4. The fourth-order valence-corrected chi connectivity index (χ4v) is 3.70. The summed E-state index contributed by atoms with van der Waals surface area (Å²) in [7, 11) is 6.20. The molecule has 0 aromatic carbocycles. The number of nitrogens with one attached hydrogen (secondary N) is 1. The third kappa shape index (κ3) is 5.96. The van der Waals surface area contributed by atoms with Crippen molar-refractivity contribution >= 4 is 5.96 Å². The van der Waals surface area contributed by atoms with Crippen LogP contribution in [0.25, 0.3) is 0 Å². The second kappa shape index (κ2) is 9.48. The van der Waals surface area contributed by atoms with Crippen LogP contribution in [0.4, 0.5) is 0 Å². The summed E-state index contributed by atoms with van der Waals surface area (Å²) >= 11 is 0. The molecular formula is C18H36N4O. The minimum Gasteiger partial charge on any atom is -0.381 e. The van der Waals surface area contributed by atoms with Gasteiger partial charge in [0.2, 0.25) is 0 Å². The Bertz CT molecular complexity index is 364. The molecule has 23 heavy (non-hydrogen) atoms. The summed E-state index contributed by atoms with van der Waals surface area (Å²) in [4.78, 5) is 9.17. The van der Waals surface area contributed by atoms with E-state index in [2.05, 4.69) is 34.2 Å². The van der Waals surface area contributed by atoms with Crippen LogP contribution in [0, 0.1) is 5.41 Å². The van der Waals surface area contributed by atoms with Crippen LogP contribution in [0.15, 0.2) is 4.99 Å². The highest BCUT2D eigenvalue weighted by Gasteiger charge is 2.42. The standard InChI is InChI=1S/C18H36N4O/c1-19-17(20-11-7-5-4-6-8-12-21(2)3)22-13-9-18(15-22)10-14-23-16-18/h4-16H2,1-3H3,(H,19,20). The van der Waals surface area contributed by atoms with Crippen molar-refractivity contribution in [2.45, 2.75) is 44.9 Å². The van der Waals surface area contributed by atoms with Crippen LogP contribution in [-0.2, 0) is 4.74 Å². The Kier molecular flexibility index (Phi) is 7.63. The quantitative estimate of drug-likeness (QED) is 0.422. The fourth-order valence-electron chi connectivity index (χ4n) is 3.70. The van der Waals surface area contributed by atoms with Gasteiger partial charge in [0.15, 0.2) is 5.96 Å². The van der Waals surface area contributed by atoms with E-state index in [1.54, 1.807) is 0 Å². The van der Waals surface area contributed by atoms with Crippen LogP contribution in [0.1, 0.15) is 44.9 Å². The molecule has 1 spiro atoms. The molecule has 0 aromatic rings. The Hall–Kier alpha value is -0.810. The second-order valence-electron chi connectivity index (χ2n) is 7.52. The molecule has 0 amide bonds. The van der Waals surface area contributed by atoms with E-state index in [1.165, 1.54) is 51.5 Å². The van der Waals surface area contributed by atoms with E-state index >= 15 is 0 Å². The van der Waals surface area contributed by atoms with Gasteiger partial charge in [-0.2, -0.15) is 0 Å². The van der Waals surface area contributed by atoms with Crippen molar-refractivity contribution in [3.63, 3.8) is 0 Å². The van der Waals surface area contributed by atoms with Gasteiger partial charge in [-0.15, -0.1) is 0 Å². The Morgan fingerprint density at radius 1 is 1.17 bits per heavy atom. The first-order valence-corrected chi connectivity index (χ1v) is 9.33. The summed E-state index contributed by atoms with van der Waals surface area (Å²) in [6.07, 6.45) is 9.03. The SMILES string of the molecule is CN=C(NCCCCCCCN(C)C)N1CCC2(CCOC2)C1. The van der Waals surface area contributed by atoms with Gasteiger partial charge in [0, 0.05) is 38.7 Å². The van der Waals surface area contributed by atoms with Gasteiger partial charge in [-0.1, -0.05) is 19.3 Å². The van der Waals surface area contributed by atoms with E-state index < -0.39 is 0 Å². The van der Waals surface area contributed by atoms with Crippen LogP contribution in [0.3, 0.4) is 0 Å². The van der Waals surface area contributed by atoms with Gasteiger partial charge in [0.25, 0.3) is 0 Å². The average molecular weight is 325 g/mol. The lowest BCUT2D eigenvalue weighted by Crippen LogP contribution is -2.41. The number of nitrogens with zero attached hydrogens (tertiary/aromatic N) is 3. The Morgan fingerprint density at radius 2 is 1.96 bits per heavy atom. The van der Waals surface area contributed by atoms with Gasteiger partial charge >= 0.3 is 0 Å². The molecule has 1 unspecified atom stereocenters. The molecule has 2 saturated heterocycles. The van der Waals surface area contributed by atoms with Gasteiger partial charge in [-0.05, 0) is 46.3 Å². The Balaban J connectivity index is 1.55. The summed E-state index contributed by atoms with van der Waals surface area (Å²) < 4.78 is 5.61. The van der Waals surface area contributed by atoms with Crippen molar-refractivity contribution in [1.29, 1.82) is 0 Å². The number of ether oxygens (including phenoxy) is 1. The van der Waals surface area contributed by atoms with Gasteiger partial charge < -0.3 is 19.9 Å². The lowest BCUT2D eigenvalue weighted by atomic mass is 9.87. The topological polar surface area (TPSA) is 40.1 Å². The lowest BCUT2D eigenvalue weighted by Gasteiger charge is -2.24. The van der Waals surface area contributed by atoms with Gasteiger partial charge in [0.05, 0.1) is 6.61 Å².